The maximum Gasteiger partial charge on any atom is 0.318 e. The first-order valence-electron chi connectivity index (χ1n) is 3.22. The van der Waals surface area contributed by atoms with E-state index in [1.54, 1.807) is 6.20 Å². The molecule has 1 N–H and O–H groups in total. The van der Waals surface area contributed by atoms with Gasteiger partial charge < -0.3 is 9.72 Å². The third kappa shape index (κ3) is 1.08. The Balaban J connectivity index is 2.66. The Morgan fingerprint density at radius 1 is 1.50 bits per heavy atom. The monoisotopic (exact) mass is 184 g/mol. The van der Waals surface area contributed by atoms with Crippen molar-refractivity contribution >= 4 is 22.8 Å². The Hall–Kier alpha value is -1.36. The zero-order chi connectivity index (χ0) is 8.55. The number of nitrogens with one attached hydrogen (secondary N) is 1. The molecule has 2 aromatic heterocycles. The second-order valence-electron chi connectivity index (χ2n) is 2.12. The fourth-order valence-corrected chi connectivity index (χ4v) is 1.04. The summed E-state index contributed by atoms with van der Waals surface area (Å²) in [4.78, 5) is 14.5. The first-order valence-corrected chi connectivity index (χ1v) is 3.59. The number of fused-ring (bicyclic) bond motifs is 1. The molecule has 0 fully saturated rings. The van der Waals surface area contributed by atoms with Crippen LogP contribution in [0.5, 0.6) is 6.01 Å². The molecule has 0 saturated carbocycles. The number of methoxy groups -OCH3 is 1. The maximum atomic E-state index is 5.60. The number of halogens is 1. The zero-order valence-electron chi connectivity index (χ0n) is 6.21. The average Bonchev–Trinajstić information content (AvgIpc) is 2.43. The summed E-state index contributed by atoms with van der Waals surface area (Å²) in [7, 11) is 1.50. The molecular formula is C6H5ClN4O. The van der Waals surface area contributed by atoms with Gasteiger partial charge in [0, 0.05) is 0 Å². The van der Waals surface area contributed by atoms with Crippen LogP contribution < -0.4 is 4.74 Å². The number of H-pyrrole nitrogens is 1. The largest absolute Gasteiger partial charge is 0.467 e. The summed E-state index contributed by atoms with van der Waals surface area (Å²) < 4.78 is 4.81. The first kappa shape index (κ1) is 7.30. The summed E-state index contributed by atoms with van der Waals surface area (Å²) in [6.45, 7) is 0. The van der Waals surface area contributed by atoms with E-state index in [-0.39, 0.29) is 6.01 Å². The van der Waals surface area contributed by atoms with Gasteiger partial charge in [0.05, 0.1) is 13.3 Å². The molecule has 0 unspecified atom stereocenters. The van der Waals surface area contributed by atoms with Crippen LogP contribution in [0.4, 0.5) is 0 Å². The van der Waals surface area contributed by atoms with Crippen LogP contribution in [0.1, 0.15) is 0 Å². The number of ether oxygens (including phenoxy) is 1. The van der Waals surface area contributed by atoms with Gasteiger partial charge in [-0.2, -0.15) is 9.97 Å². The molecule has 2 aromatic rings. The molecule has 62 valence electrons. The van der Waals surface area contributed by atoms with E-state index >= 15 is 0 Å². The summed E-state index contributed by atoms with van der Waals surface area (Å²) in [5.41, 5.74) is 1.20. The minimum absolute atomic E-state index is 0.283. The van der Waals surface area contributed by atoms with Crippen molar-refractivity contribution in [2.75, 3.05) is 7.11 Å². The molecule has 2 heterocycles. The fourth-order valence-electron chi connectivity index (χ4n) is 0.861. The van der Waals surface area contributed by atoms with Crippen LogP contribution in [0.3, 0.4) is 0 Å². The van der Waals surface area contributed by atoms with E-state index in [4.69, 9.17) is 16.3 Å². The van der Waals surface area contributed by atoms with Crippen molar-refractivity contribution in [3.63, 3.8) is 0 Å². The van der Waals surface area contributed by atoms with Gasteiger partial charge >= 0.3 is 6.01 Å². The highest BCUT2D eigenvalue weighted by Crippen LogP contribution is 2.13. The maximum absolute atomic E-state index is 5.60. The number of hydrogen-bond acceptors (Lipinski definition) is 4. The van der Waals surface area contributed by atoms with E-state index in [9.17, 15) is 0 Å². The highest BCUT2D eigenvalue weighted by Gasteiger charge is 2.03. The molecule has 0 radical (unpaired) electrons. The third-order valence-corrected chi connectivity index (χ3v) is 1.55. The van der Waals surface area contributed by atoms with Crippen molar-refractivity contribution < 1.29 is 4.74 Å². The second kappa shape index (κ2) is 2.60. The molecule has 6 heteroatoms. The van der Waals surface area contributed by atoms with Crippen molar-refractivity contribution in [1.29, 1.82) is 0 Å². The van der Waals surface area contributed by atoms with Gasteiger partial charge in [0.2, 0.25) is 5.28 Å². The van der Waals surface area contributed by atoms with E-state index in [1.165, 1.54) is 7.11 Å². The van der Waals surface area contributed by atoms with Crippen LogP contribution in [0.25, 0.3) is 11.2 Å². The minimum atomic E-state index is 0.283. The van der Waals surface area contributed by atoms with Gasteiger partial charge in [-0.15, -0.1) is 0 Å². The van der Waals surface area contributed by atoms with E-state index in [1.807, 2.05) is 0 Å². The average molecular weight is 185 g/mol. The SMILES string of the molecule is COc1ncc2[nH]c(Cl)nc2n1. The summed E-state index contributed by atoms with van der Waals surface area (Å²) in [6.07, 6.45) is 1.57. The summed E-state index contributed by atoms with van der Waals surface area (Å²) in [5, 5.41) is 0.299. The van der Waals surface area contributed by atoms with E-state index in [2.05, 4.69) is 19.9 Å². The zero-order valence-corrected chi connectivity index (χ0v) is 6.96. The summed E-state index contributed by atoms with van der Waals surface area (Å²) in [5.74, 6) is 0. The second-order valence-corrected chi connectivity index (χ2v) is 2.48. The van der Waals surface area contributed by atoms with E-state index < -0.39 is 0 Å². The molecule has 5 nitrogen and oxygen atoms in total. The first-order chi connectivity index (χ1) is 5.79. The molecule has 0 bridgehead atoms. The Labute approximate surface area is 72.8 Å². The molecule has 0 aliphatic heterocycles. The normalized spacial score (nSPS) is 10.5. The van der Waals surface area contributed by atoms with Crippen LogP contribution in [0.2, 0.25) is 5.28 Å². The lowest BCUT2D eigenvalue weighted by atomic mass is 10.6. The molecule has 0 spiro atoms. The van der Waals surface area contributed by atoms with Crippen LogP contribution >= 0.6 is 11.6 Å². The minimum Gasteiger partial charge on any atom is -0.467 e. The standard InChI is InChI=1S/C6H5ClN4O/c1-12-6-8-2-3-4(11-6)10-5(7)9-3/h2H,1H3,(H,8,9,10,11). The number of aromatic nitrogens is 4. The van der Waals surface area contributed by atoms with E-state index in [0.29, 0.717) is 16.4 Å². The molecule has 0 aliphatic carbocycles. The molecule has 0 aliphatic rings. The Morgan fingerprint density at radius 2 is 2.33 bits per heavy atom. The predicted molar refractivity (Wildman–Crippen MR) is 43.2 cm³/mol. The molecule has 0 amide bonds. The van der Waals surface area contributed by atoms with E-state index in [0.717, 1.165) is 0 Å². The molecule has 2 rings (SSSR count). The number of imidazole rings is 1. The molecule has 0 aromatic carbocycles. The number of nitrogens with zero attached hydrogens (tertiary/aromatic N) is 3. The topological polar surface area (TPSA) is 63.7 Å². The van der Waals surface area contributed by atoms with Gasteiger partial charge in [-0.05, 0) is 11.6 Å². The number of hydrogen-bond donors (Lipinski definition) is 1. The quantitative estimate of drug-likeness (QED) is 0.672. The highest BCUT2D eigenvalue weighted by molar-refractivity contribution is 6.28. The predicted octanol–water partition coefficient (Wildman–Crippen LogP) is 1.01. The van der Waals surface area contributed by atoms with Gasteiger partial charge in [0.1, 0.15) is 5.52 Å². The molecule has 0 saturated heterocycles. The molecule has 12 heavy (non-hydrogen) atoms. The van der Waals surface area contributed by atoms with Crippen molar-refractivity contribution in [2.45, 2.75) is 0 Å². The molecule has 0 atom stereocenters. The lowest BCUT2D eigenvalue weighted by Crippen LogP contribution is -1.90. The Morgan fingerprint density at radius 3 is 3.08 bits per heavy atom. The van der Waals surface area contributed by atoms with Gasteiger partial charge in [0.15, 0.2) is 5.65 Å². The van der Waals surface area contributed by atoms with Crippen LogP contribution in [-0.4, -0.2) is 27.0 Å². The molecular weight excluding hydrogens is 180 g/mol. The third-order valence-electron chi connectivity index (χ3n) is 1.37. The van der Waals surface area contributed by atoms with Crippen molar-refractivity contribution in [2.24, 2.45) is 0 Å². The van der Waals surface area contributed by atoms with Gasteiger partial charge in [0.25, 0.3) is 0 Å². The fraction of sp³-hybridized carbons (Fsp3) is 0.167. The smallest absolute Gasteiger partial charge is 0.318 e. The number of aromatic amines is 1. The van der Waals surface area contributed by atoms with Gasteiger partial charge in [-0.1, -0.05) is 0 Å². The lowest BCUT2D eigenvalue weighted by Gasteiger charge is -1.93. The van der Waals surface area contributed by atoms with Crippen molar-refractivity contribution in [3.8, 4) is 6.01 Å². The van der Waals surface area contributed by atoms with Crippen molar-refractivity contribution in [3.05, 3.63) is 11.5 Å². The van der Waals surface area contributed by atoms with Crippen LogP contribution in [0, 0.1) is 0 Å². The highest BCUT2D eigenvalue weighted by atomic mass is 35.5. The van der Waals surface area contributed by atoms with Gasteiger partial charge in [-0.3, -0.25) is 0 Å². The number of rotatable bonds is 1. The Kier molecular flexibility index (Phi) is 1.58. The van der Waals surface area contributed by atoms with Crippen LogP contribution in [-0.2, 0) is 0 Å². The Bertz CT molecular complexity index is 413. The van der Waals surface area contributed by atoms with Crippen molar-refractivity contribution in [1.82, 2.24) is 19.9 Å². The summed E-state index contributed by atoms with van der Waals surface area (Å²) in [6, 6.07) is 0.283. The summed E-state index contributed by atoms with van der Waals surface area (Å²) >= 11 is 5.60. The lowest BCUT2D eigenvalue weighted by molar-refractivity contribution is 0.381. The van der Waals surface area contributed by atoms with Gasteiger partial charge in [-0.25, -0.2) is 4.98 Å². The van der Waals surface area contributed by atoms with Crippen LogP contribution in [0.15, 0.2) is 6.20 Å².